The van der Waals surface area contributed by atoms with Crippen LogP contribution < -0.4 is 18.9 Å². The summed E-state index contributed by atoms with van der Waals surface area (Å²) in [4.78, 5) is 12.6. The molecule has 0 amide bonds. The van der Waals surface area contributed by atoms with Gasteiger partial charge in [0.05, 0.1) is 34.0 Å². The summed E-state index contributed by atoms with van der Waals surface area (Å²) < 4.78 is 29.5. The van der Waals surface area contributed by atoms with Gasteiger partial charge in [-0.25, -0.2) is 4.79 Å². The lowest BCUT2D eigenvalue weighted by molar-refractivity contribution is 0.0599. The molecule has 4 aromatic rings. The molecule has 7 heteroatoms. The summed E-state index contributed by atoms with van der Waals surface area (Å²) in [6, 6.07) is 17.2. The van der Waals surface area contributed by atoms with E-state index in [9.17, 15) is 4.79 Å². The summed E-state index contributed by atoms with van der Waals surface area (Å²) >= 11 is 1.54. The van der Waals surface area contributed by atoms with Gasteiger partial charge in [-0.1, -0.05) is 12.1 Å². The minimum atomic E-state index is -1.04. The van der Waals surface area contributed by atoms with E-state index in [-0.39, 0.29) is 0 Å². The molecule has 1 aliphatic rings. The predicted molar refractivity (Wildman–Crippen MR) is 136 cm³/mol. The van der Waals surface area contributed by atoms with E-state index in [0.717, 1.165) is 27.0 Å². The molecule has 0 spiro atoms. The molecule has 3 aromatic carbocycles. The van der Waals surface area contributed by atoms with Crippen LogP contribution in [-0.2, 0) is 10.3 Å². The van der Waals surface area contributed by atoms with Gasteiger partial charge in [-0.3, -0.25) is 0 Å². The van der Waals surface area contributed by atoms with E-state index >= 15 is 0 Å². The fraction of sp³-hybridized carbons (Fsp3) is 0.179. The van der Waals surface area contributed by atoms with Crippen molar-refractivity contribution in [3.8, 4) is 23.0 Å². The third-order valence-corrected chi connectivity index (χ3v) is 7.09. The van der Waals surface area contributed by atoms with Crippen molar-refractivity contribution < 1.29 is 28.5 Å². The number of rotatable bonds is 6. The minimum absolute atomic E-state index is 0.413. The molecule has 6 nitrogen and oxygen atoms in total. The van der Waals surface area contributed by atoms with E-state index in [2.05, 4.69) is 0 Å². The lowest BCUT2D eigenvalue weighted by Crippen LogP contribution is -2.35. The van der Waals surface area contributed by atoms with E-state index in [1.54, 1.807) is 32.7 Å². The highest BCUT2D eigenvalue weighted by Crippen LogP contribution is 2.49. The van der Waals surface area contributed by atoms with Gasteiger partial charge in [0.15, 0.2) is 5.60 Å². The Kier molecular flexibility index (Phi) is 5.86. The highest BCUT2D eigenvalue weighted by Gasteiger charge is 2.41. The molecule has 2 heterocycles. The van der Waals surface area contributed by atoms with Crippen molar-refractivity contribution in [2.24, 2.45) is 0 Å². The standard InChI is InChI=1S/C28H24O6S/c1-30-18-7-5-17(6-8-18)28(23-10-9-19(31-2)15-24(23)32-3)13-11-20-22(27(29)33-4)16-25-21(12-14-35-25)26(20)34-28/h5-16H,1-4H3. The van der Waals surface area contributed by atoms with Gasteiger partial charge in [0.1, 0.15) is 23.0 Å². The molecule has 178 valence electrons. The van der Waals surface area contributed by atoms with Crippen molar-refractivity contribution in [2.75, 3.05) is 28.4 Å². The maximum atomic E-state index is 12.6. The zero-order chi connectivity index (χ0) is 24.6. The van der Waals surface area contributed by atoms with Crippen LogP contribution in [0.3, 0.4) is 0 Å². The van der Waals surface area contributed by atoms with Gasteiger partial charge in [-0.15, -0.1) is 11.3 Å². The van der Waals surface area contributed by atoms with E-state index in [0.29, 0.717) is 28.4 Å². The number of carbonyl (C=O) groups is 1. The molecular weight excluding hydrogens is 464 g/mol. The largest absolute Gasteiger partial charge is 0.497 e. The zero-order valence-corrected chi connectivity index (χ0v) is 20.6. The fourth-order valence-corrected chi connectivity index (χ4v) is 5.27. The van der Waals surface area contributed by atoms with Crippen LogP contribution in [0.2, 0.25) is 0 Å². The number of carbonyl (C=O) groups excluding carboxylic acids is 1. The molecule has 1 aromatic heterocycles. The monoisotopic (exact) mass is 488 g/mol. The lowest BCUT2D eigenvalue weighted by Gasteiger charge is -2.37. The number of benzene rings is 3. The number of methoxy groups -OCH3 is 4. The number of ether oxygens (including phenoxy) is 5. The van der Waals surface area contributed by atoms with Crippen molar-refractivity contribution in [3.05, 3.63) is 88.3 Å². The molecule has 0 saturated carbocycles. The Morgan fingerprint density at radius 1 is 0.886 bits per heavy atom. The highest BCUT2D eigenvalue weighted by molar-refractivity contribution is 7.17. The van der Waals surface area contributed by atoms with Crippen LogP contribution in [0.4, 0.5) is 0 Å². The lowest BCUT2D eigenvalue weighted by atomic mass is 9.82. The van der Waals surface area contributed by atoms with Crippen LogP contribution in [0, 0.1) is 0 Å². The van der Waals surface area contributed by atoms with Crippen molar-refractivity contribution in [1.82, 2.24) is 0 Å². The maximum absolute atomic E-state index is 12.6. The van der Waals surface area contributed by atoms with E-state index in [1.807, 2.05) is 72.1 Å². The van der Waals surface area contributed by atoms with Gasteiger partial charge in [0, 0.05) is 32.8 Å². The van der Waals surface area contributed by atoms with Crippen LogP contribution in [-0.4, -0.2) is 34.4 Å². The second-order valence-electron chi connectivity index (χ2n) is 7.96. The Hall–Kier alpha value is -3.97. The molecule has 0 radical (unpaired) electrons. The number of hydrogen-bond donors (Lipinski definition) is 0. The van der Waals surface area contributed by atoms with E-state index in [1.165, 1.54) is 7.11 Å². The van der Waals surface area contributed by atoms with Crippen LogP contribution in [0.25, 0.3) is 16.2 Å². The first-order valence-corrected chi connectivity index (χ1v) is 11.8. The highest BCUT2D eigenvalue weighted by atomic mass is 32.1. The fourth-order valence-electron chi connectivity index (χ4n) is 4.45. The SMILES string of the molecule is COC(=O)c1cc2sccc2c2c1C=CC(c1ccc(OC)cc1)(c1ccc(OC)cc1OC)O2. The molecule has 1 unspecified atom stereocenters. The van der Waals surface area contributed by atoms with Crippen molar-refractivity contribution in [1.29, 1.82) is 0 Å². The van der Waals surface area contributed by atoms with Crippen molar-refractivity contribution in [3.63, 3.8) is 0 Å². The summed E-state index contributed by atoms with van der Waals surface area (Å²) in [7, 11) is 6.24. The molecule has 0 N–H and O–H groups in total. The number of hydrogen-bond acceptors (Lipinski definition) is 7. The summed E-state index contributed by atoms with van der Waals surface area (Å²) in [5.74, 6) is 2.21. The topological polar surface area (TPSA) is 63.2 Å². The third kappa shape index (κ3) is 3.68. The van der Waals surface area contributed by atoms with Gasteiger partial charge in [0.25, 0.3) is 0 Å². The summed E-state index contributed by atoms with van der Waals surface area (Å²) in [6.45, 7) is 0. The van der Waals surface area contributed by atoms with E-state index < -0.39 is 11.6 Å². The molecule has 1 atom stereocenters. The minimum Gasteiger partial charge on any atom is -0.497 e. The van der Waals surface area contributed by atoms with Crippen LogP contribution in [0.5, 0.6) is 23.0 Å². The second-order valence-corrected chi connectivity index (χ2v) is 8.90. The van der Waals surface area contributed by atoms with Crippen LogP contribution >= 0.6 is 11.3 Å². The molecule has 35 heavy (non-hydrogen) atoms. The quantitative estimate of drug-likeness (QED) is 0.307. The predicted octanol–water partition coefficient (Wildman–Crippen LogP) is 6.06. The first-order valence-electron chi connectivity index (χ1n) is 10.9. The van der Waals surface area contributed by atoms with Gasteiger partial charge < -0.3 is 23.7 Å². The van der Waals surface area contributed by atoms with Crippen molar-refractivity contribution >= 4 is 33.5 Å². The van der Waals surface area contributed by atoms with Crippen LogP contribution in [0.1, 0.15) is 27.0 Å². The molecular formula is C28H24O6S. The van der Waals surface area contributed by atoms with E-state index in [4.69, 9.17) is 23.7 Å². The van der Waals surface area contributed by atoms with Gasteiger partial charge in [-0.2, -0.15) is 0 Å². The zero-order valence-electron chi connectivity index (χ0n) is 19.8. The Bertz CT molecular complexity index is 1440. The Labute approximate surface area is 207 Å². The first kappa shape index (κ1) is 22.8. The average molecular weight is 489 g/mol. The summed E-state index contributed by atoms with van der Waals surface area (Å²) in [6.07, 6.45) is 3.88. The Balaban J connectivity index is 1.79. The van der Waals surface area contributed by atoms with Crippen LogP contribution in [0.15, 0.2) is 66.1 Å². The smallest absolute Gasteiger partial charge is 0.338 e. The molecule has 0 aliphatic carbocycles. The van der Waals surface area contributed by atoms with Crippen molar-refractivity contribution in [2.45, 2.75) is 5.60 Å². The number of fused-ring (bicyclic) bond motifs is 3. The molecule has 1 aliphatic heterocycles. The molecule has 5 rings (SSSR count). The Morgan fingerprint density at radius 2 is 1.63 bits per heavy atom. The summed E-state index contributed by atoms with van der Waals surface area (Å²) in [5.41, 5.74) is 1.76. The average Bonchev–Trinajstić information content (AvgIpc) is 3.40. The maximum Gasteiger partial charge on any atom is 0.338 e. The summed E-state index contributed by atoms with van der Waals surface area (Å²) in [5, 5.41) is 2.91. The first-order chi connectivity index (χ1) is 17.0. The number of thiophene rings is 1. The number of esters is 1. The second kappa shape index (κ2) is 9.00. The van der Waals surface area contributed by atoms with Gasteiger partial charge >= 0.3 is 5.97 Å². The Morgan fingerprint density at radius 3 is 2.31 bits per heavy atom. The third-order valence-electron chi connectivity index (χ3n) is 6.23. The van der Waals surface area contributed by atoms with Gasteiger partial charge in [0.2, 0.25) is 0 Å². The molecule has 0 saturated heterocycles. The van der Waals surface area contributed by atoms with Gasteiger partial charge in [-0.05, 0) is 53.9 Å². The molecule has 0 fully saturated rings. The molecule has 0 bridgehead atoms. The normalized spacial score (nSPS) is 16.3.